The Bertz CT molecular complexity index is 540. The van der Waals surface area contributed by atoms with Crippen molar-refractivity contribution in [2.45, 2.75) is 79.6 Å². The van der Waals surface area contributed by atoms with E-state index in [0.29, 0.717) is 5.69 Å². The molecule has 0 aromatic heterocycles. The fraction of sp³-hybridized carbons (Fsp3) is 0.636. The maximum Gasteiger partial charge on any atom is 0.240 e. The third kappa shape index (κ3) is 5.17. The van der Waals surface area contributed by atoms with Crippen LogP contribution in [0.2, 0.25) is 0 Å². The molecule has 25 heavy (non-hydrogen) atoms. The summed E-state index contributed by atoms with van der Waals surface area (Å²) in [6.07, 6.45) is 6.88. The van der Waals surface area contributed by atoms with Gasteiger partial charge >= 0.3 is 0 Å². The summed E-state index contributed by atoms with van der Waals surface area (Å²) in [7, 11) is 0. The van der Waals surface area contributed by atoms with Gasteiger partial charge in [0.25, 0.3) is 0 Å². The molecule has 0 aliphatic carbocycles. The molecule has 1 unspecified atom stereocenters. The van der Waals surface area contributed by atoms with Crippen molar-refractivity contribution in [3.63, 3.8) is 0 Å². The predicted octanol–water partition coefficient (Wildman–Crippen LogP) is 5.98. The van der Waals surface area contributed by atoms with Crippen LogP contribution in [0.4, 0.5) is 5.69 Å². The smallest absolute Gasteiger partial charge is 0.240 e. The number of imide groups is 1. The van der Waals surface area contributed by atoms with E-state index in [4.69, 9.17) is 0 Å². The van der Waals surface area contributed by atoms with Crippen molar-refractivity contribution < 1.29 is 9.59 Å². The van der Waals surface area contributed by atoms with Crippen LogP contribution in [-0.2, 0) is 9.59 Å². The number of para-hydroxylation sites is 1. The lowest BCUT2D eigenvalue weighted by atomic mass is 9.67. The van der Waals surface area contributed by atoms with Gasteiger partial charge in [0.15, 0.2) is 0 Å². The highest BCUT2D eigenvalue weighted by molar-refractivity contribution is 6.16. The van der Waals surface area contributed by atoms with Gasteiger partial charge in [-0.25, -0.2) is 0 Å². The van der Waals surface area contributed by atoms with Crippen LogP contribution >= 0.6 is 0 Å². The van der Waals surface area contributed by atoms with E-state index in [1.807, 2.05) is 30.3 Å². The summed E-state index contributed by atoms with van der Waals surface area (Å²) in [5.74, 6) is 0.0383. The van der Waals surface area contributed by atoms with Crippen LogP contribution in [0.3, 0.4) is 0 Å². The molecule has 0 aliphatic heterocycles. The van der Waals surface area contributed by atoms with Crippen molar-refractivity contribution >= 4 is 17.5 Å². The van der Waals surface area contributed by atoms with Crippen LogP contribution in [0.5, 0.6) is 0 Å². The van der Waals surface area contributed by atoms with Gasteiger partial charge in [-0.2, -0.15) is 0 Å². The summed E-state index contributed by atoms with van der Waals surface area (Å²) in [6.45, 7) is 10.1. The quantitative estimate of drug-likeness (QED) is 0.489. The van der Waals surface area contributed by atoms with Crippen LogP contribution in [-0.4, -0.2) is 11.8 Å². The predicted molar refractivity (Wildman–Crippen MR) is 106 cm³/mol. The molecule has 2 amide bonds. The zero-order valence-corrected chi connectivity index (χ0v) is 16.7. The number of anilines is 1. The van der Waals surface area contributed by atoms with Gasteiger partial charge < -0.3 is 0 Å². The number of amides is 2. The summed E-state index contributed by atoms with van der Waals surface area (Å²) >= 11 is 0. The van der Waals surface area contributed by atoms with Gasteiger partial charge in [-0.3, -0.25) is 14.5 Å². The number of carbonyl (C=O) groups is 2. The molecule has 0 saturated carbocycles. The number of unbranched alkanes of at least 4 members (excludes halogenated alkanes) is 2. The molecule has 0 N–H and O–H groups in total. The number of benzene rings is 1. The molecule has 0 heterocycles. The lowest BCUT2D eigenvalue weighted by Crippen LogP contribution is -2.49. The Kier molecular flexibility index (Phi) is 8.88. The molecule has 1 aromatic carbocycles. The third-order valence-corrected chi connectivity index (χ3v) is 5.44. The van der Waals surface area contributed by atoms with Gasteiger partial charge in [0.2, 0.25) is 11.8 Å². The fourth-order valence-corrected chi connectivity index (χ4v) is 3.81. The number of carbonyl (C=O) groups excluding carboxylic acids is 2. The molecule has 1 rings (SSSR count). The minimum Gasteiger partial charge on any atom is -0.274 e. The highest BCUT2D eigenvalue weighted by atomic mass is 16.2. The van der Waals surface area contributed by atoms with Crippen LogP contribution < -0.4 is 4.90 Å². The van der Waals surface area contributed by atoms with Crippen molar-refractivity contribution in [3.05, 3.63) is 30.3 Å². The van der Waals surface area contributed by atoms with Gasteiger partial charge in [0.05, 0.1) is 11.1 Å². The largest absolute Gasteiger partial charge is 0.274 e. The maximum atomic E-state index is 13.7. The molecule has 3 heteroatoms. The summed E-state index contributed by atoms with van der Waals surface area (Å²) in [4.78, 5) is 27.5. The lowest BCUT2D eigenvalue weighted by molar-refractivity contribution is -0.136. The van der Waals surface area contributed by atoms with Crippen LogP contribution in [0, 0.1) is 11.3 Å². The Morgan fingerprint density at radius 1 is 1.00 bits per heavy atom. The highest BCUT2D eigenvalue weighted by Gasteiger charge is 2.45. The van der Waals surface area contributed by atoms with Crippen molar-refractivity contribution in [3.8, 4) is 0 Å². The number of nitrogens with zero attached hydrogens (tertiary/aromatic N) is 1. The molecule has 140 valence electrons. The van der Waals surface area contributed by atoms with Gasteiger partial charge in [0.1, 0.15) is 0 Å². The second-order valence-electron chi connectivity index (χ2n) is 7.17. The summed E-state index contributed by atoms with van der Waals surface area (Å²) in [5.41, 5.74) is 0.222. The molecule has 0 aliphatic rings. The van der Waals surface area contributed by atoms with E-state index < -0.39 is 5.41 Å². The Hall–Kier alpha value is -1.64. The van der Waals surface area contributed by atoms with E-state index in [1.54, 1.807) is 0 Å². The molecule has 0 radical (unpaired) electrons. The van der Waals surface area contributed by atoms with Crippen LogP contribution in [0.1, 0.15) is 79.6 Å². The van der Waals surface area contributed by atoms with Gasteiger partial charge in [0, 0.05) is 6.92 Å². The zero-order valence-electron chi connectivity index (χ0n) is 16.7. The summed E-state index contributed by atoms with van der Waals surface area (Å²) in [5, 5.41) is 0. The SMILES string of the molecule is CCCCCC(CCC)(C(=O)N(C(C)=O)c1ccccc1)[C@H](C)CC. The molecular formula is C22H35NO2. The normalized spacial score (nSPS) is 14.6. The monoisotopic (exact) mass is 345 g/mol. The van der Waals surface area contributed by atoms with E-state index in [9.17, 15) is 9.59 Å². The minimum absolute atomic E-state index is 0.0153. The van der Waals surface area contributed by atoms with Crippen LogP contribution in [0.15, 0.2) is 30.3 Å². The topological polar surface area (TPSA) is 37.4 Å². The average Bonchev–Trinajstić information content (AvgIpc) is 2.61. The molecule has 0 fully saturated rings. The first kappa shape index (κ1) is 21.4. The first-order chi connectivity index (χ1) is 11.9. The minimum atomic E-state index is -0.458. The number of hydrogen-bond acceptors (Lipinski definition) is 2. The van der Waals surface area contributed by atoms with E-state index in [-0.39, 0.29) is 17.7 Å². The third-order valence-electron chi connectivity index (χ3n) is 5.44. The molecule has 0 bridgehead atoms. The second kappa shape index (κ2) is 10.4. The Labute approximate surface area is 153 Å². The van der Waals surface area contributed by atoms with E-state index >= 15 is 0 Å². The number of hydrogen-bond donors (Lipinski definition) is 0. The van der Waals surface area contributed by atoms with Gasteiger partial charge in [-0.15, -0.1) is 0 Å². The van der Waals surface area contributed by atoms with Gasteiger partial charge in [-0.05, 0) is 30.9 Å². The molecule has 3 nitrogen and oxygen atoms in total. The maximum absolute atomic E-state index is 13.7. The van der Waals surface area contributed by atoms with Crippen molar-refractivity contribution in [1.82, 2.24) is 0 Å². The summed E-state index contributed by atoms with van der Waals surface area (Å²) in [6, 6.07) is 9.35. The fourth-order valence-electron chi connectivity index (χ4n) is 3.81. The Balaban J connectivity index is 3.32. The van der Waals surface area contributed by atoms with Crippen molar-refractivity contribution in [2.75, 3.05) is 4.90 Å². The average molecular weight is 346 g/mol. The van der Waals surface area contributed by atoms with E-state index in [1.165, 1.54) is 11.8 Å². The standard InChI is InChI=1S/C22H35NO2/c1-6-9-13-17-22(16-7-2,18(4)8-3)21(25)23(19(5)24)20-14-11-10-12-15-20/h10-12,14-15,18H,6-9,13,16-17H2,1-5H3/t18-,22?/m1/s1. The van der Waals surface area contributed by atoms with Crippen molar-refractivity contribution in [1.29, 1.82) is 0 Å². The first-order valence-electron chi connectivity index (χ1n) is 9.84. The molecule has 0 spiro atoms. The highest BCUT2D eigenvalue weighted by Crippen LogP contribution is 2.43. The Morgan fingerprint density at radius 2 is 1.64 bits per heavy atom. The molecule has 2 atom stereocenters. The number of rotatable bonds is 10. The molecule has 0 saturated heterocycles. The molecular weight excluding hydrogens is 310 g/mol. The van der Waals surface area contributed by atoms with Crippen LogP contribution in [0.25, 0.3) is 0 Å². The van der Waals surface area contributed by atoms with Gasteiger partial charge in [-0.1, -0.05) is 78.0 Å². The summed E-state index contributed by atoms with van der Waals surface area (Å²) < 4.78 is 0. The second-order valence-corrected chi connectivity index (χ2v) is 7.17. The first-order valence-corrected chi connectivity index (χ1v) is 9.84. The molecule has 1 aromatic rings. The van der Waals surface area contributed by atoms with E-state index in [2.05, 4.69) is 27.7 Å². The van der Waals surface area contributed by atoms with E-state index in [0.717, 1.165) is 44.9 Å². The van der Waals surface area contributed by atoms with Crippen molar-refractivity contribution in [2.24, 2.45) is 11.3 Å². The lowest BCUT2D eigenvalue weighted by Gasteiger charge is -2.40. The zero-order chi connectivity index (χ0) is 18.9. The Morgan fingerprint density at radius 3 is 2.12 bits per heavy atom.